The van der Waals surface area contributed by atoms with Crippen LogP contribution in [0.3, 0.4) is 0 Å². The first-order chi connectivity index (χ1) is 9.99. The molecule has 0 aliphatic carbocycles. The van der Waals surface area contributed by atoms with E-state index in [2.05, 4.69) is 35.1 Å². The van der Waals surface area contributed by atoms with Crippen LogP contribution in [-0.4, -0.2) is 11.1 Å². The molecule has 21 heavy (non-hydrogen) atoms. The topological polar surface area (TPSA) is 17.0 Å². The van der Waals surface area contributed by atoms with Crippen molar-refractivity contribution in [2.75, 3.05) is 6.54 Å². The maximum atomic E-state index is 14.0. The molecule has 0 radical (unpaired) electrons. The van der Waals surface area contributed by atoms with Gasteiger partial charge in [0.25, 0.3) is 0 Å². The fourth-order valence-corrected chi connectivity index (χ4v) is 2.51. The van der Waals surface area contributed by atoms with Crippen LogP contribution < -0.4 is 5.32 Å². The van der Waals surface area contributed by atoms with Crippen LogP contribution >= 0.6 is 15.9 Å². The average Bonchev–Trinajstić information content (AvgIpc) is 2.86. The molecule has 0 aliphatic heterocycles. The van der Waals surface area contributed by atoms with Gasteiger partial charge in [-0.25, -0.2) is 8.78 Å². The highest BCUT2D eigenvalue weighted by molar-refractivity contribution is 9.10. The summed E-state index contributed by atoms with van der Waals surface area (Å²) in [4.78, 5) is 0. The van der Waals surface area contributed by atoms with Gasteiger partial charge in [-0.1, -0.05) is 13.8 Å². The molecule has 0 bridgehead atoms. The van der Waals surface area contributed by atoms with E-state index in [0.29, 0.717) is 12.5 Å². The quantitative estimate of drug-likeness (QED) is 0.762. The first kappa shape index (κ1) is 16.2. The minimum absolute atomic E-state index is 0.0747. The van der Waals surface area contributed by atoms with Gasteiger partial charge in [-0.15, -0.1) is 0 Å². The number of nitrogens with zero attached hydrogens (tertiary/aromatic N) is 1. The standard InChI is InChI=1S/C16H19BrF2N2/c1-11(2)8-20-9-12-4-3-7-21(12)10-13-15(18)6-5-14(17)16(13)19/h3-7,11,20H,8-10H2,1-2H3. The maximum Gasteiger partial charge on any atom is 0.145 e. The molecule has 0 atom stereocenters. The highest BCUT2D eigenvalue weighted by Crippen LogP contribution is 2.23. The van der Waals surface area contributed by atoms with Crippen LogP contribution in [0.4, 0.5) is 8.78 Å². The SMILES string of the molecule is CC(C)CNCc1cccn1Cc1c(F)ccc(Br)c1F. The molecule has 5 heteroatoms. The Hall–Kier alpha value is -1.20. The number of hydrogen-bond acceptors (Lipinski definition) is 1. The molecule has 0 saturated heterocycles. The largest absolute Gasteiger partial charge is 0.346 e. The molecule has 0 saturated carbocycles. The van der Waals surface area contributed by atoms with Crippen LogP contribution in [-0.2, 0) is 13.1 Å². The Bertz CT molecular complexity index is 608. The molecule has 0 spiro atoms. The van der Waals surface area contributed by atoms with E-state index in [1.165, 1.54) is 12.1 Å². The van der Waals surface area contributed by atoms with Crippen molar-refractivity contribution in [1.29, 1.82) is 0 Å². The third kappa shape index (κ3) is 4.14. The lowest BCUT2D eigenvalue weighted by molar-refractivity contribution is 0.522. The van der Waals surface area contributed by atoms with Gasteiger partial charge >= 0.3 is 0 Å². The Morgan fingerprint density at radius 3 is 2.71 bits per heavy atom. The summed E-state index contributed by atoms with van der Waals surface area (Å²) in [5.41, 5.74) is 1.08. The second-order valence-electron chi connectivity index (χ2n) is 5.47. The number of rotatable bonds is 6. The molecule has 1 N–H and O–H groups in total. The van der Waals surface area contributed by atoms with Gasteiger partial charge in [-0.05, 0) is 52.7 Å². The Balaban J connectivity index is 2.14. The second kappa shape index (κ2) is 7.18. The zero-order valence-corrected chi connectivity index (χ0v) is 13.8. The highest BCUT2D eigenvalue weighted by Gasteiger charge is 2.13. The first-order valence-electron chi connectivity index (χ1n) is 6.96. The number of hydrogen-bond donors (Lipinski definition) is 1. The number of aromatic nitrogens is 1. The number of halogens is 3. The lowest BCUT2D eigenvalue weighted by Crippen LogP contribution is -2.21. The van der Waals surface area contributed by atoms with Crippen LogP contribution in [0.1, 0.15) is 25.1 Å². The number of benzene rings is 1. The van der Waals surface area contributed by atoms with Crippen molar-refractivity contribution in [1.82, 2.24) is 9.88 Å². The summed E-state index contributed by atoms with van der Waals surface area (Å²) in [5.74, 6) is -0.497. The average molecular weight is 357 g/mol. The lowest BCUT2D eigenvalue weighted by atomic mass is 10.2. The molecule has 0 amide bonds. The van der Waals surface area contributed by atoms with Gasteiger partial charge in [-0.3, -0.25) is 0 Å². The van der Waals surface area contributed by atoms with Crippen LogP contribution in [0.15, 0.2) is 34.9 Å². The molecule has 1 aromatic carbocycles. The molecule has 0 unspecified atom stereocenters. The van der Waals surface area contributed by atoms with Gasteiger partial charge < -0.3 is 9.88 Å². The summed E-state index contributed by atoms with van der Waals surface area (Å²) in [6.07, 6.45) is 1.84. The van der Waals surface area contributed by atoms with E-state index < -0.39 is 11.6 Å². The predicted molar refractivity (Wildman–Crippen MR) is 84.1 cm³/mol. The van der Waals surface area contributed by atoms with E-state index in [-0.39, 0.29) is 16.6 Å². The molecule has 0 fully saturated rings. The van der Waals surface area contributed by atoms with Crippen molar-refractivity contribution in [3.8, 4) is 0 Å². The molecule has 114 valence electrons. The normalized spacial score (nSPS) is 11.3. The third-order valence-corrected chi connectivity index (χ3v) is 3.86. The van der Waals surface area contributed by atoms with Crippen molar-refractivity contribution < 1.29 is 8.78 Å². The van der Waals surface area contributed by atoms with E-state index in [0.717, 1.165) is 12.2 Å². The van der Waals surface area contributed by atoms with Gasteiger partial charge in [0, 0.05) is 24.0 Å². The highest BCUT2D eigenvalue weighted by atomic mass is 79.9. The van der Waals surface area contributed by atoms with E-state index in [9.17, 15) is 8.78 Å². The summed E-state index contributed by atoms with van der Waals surface area (Å²) < 4.78 is 30.0. The summed E-state index contributed by atoms with van der Waals surface area (Å²) in [6.45, 7) is 6.05. The van der Waals surface area contributed by atoms with Crippen molar-refractivity contribution in [2.45, 2.75) is 26.9 Å². The zero-order valence-electron chi connectivity index (χ0n) is 12.2. The summed E-state index contributed by atoms with van der Waals surface area (Å²) in [5, 5.41) is 3.34. The second-order valence-corrected chi connectivity index (χ2v) is 6.33. The monoisotopic (exact) mass is 356 g/mol. The molecule has 2 aromatic rings. The van der Waals surface area contributed by atoms with Gasteiger partial charge in [0.2, 0.25) is 0 Å². The van der Waals surface area contributed by atoms with Crippen LogP contribution in [0.5, 0.6) is 0 Å². The van der Waals surface area contributed by atoms with Crippen molar-refractivity contribution in [2.24, 2.45) is 5.92 Å². The summed E-state index contributed by atoms with van der Waals surface area (Å²) >= 11 is 3.10. The molecule has 2 nitrogen and oxygen atoms in total. The lowest BCUT2D eigenvalue weighted by Gasteiger charge is -2.13. The van der Waals surface area contributed by atoms with Crippen LogP contribution in [0.25, 0.3) is 0 Å². The first-order valence-corrected chi connectivity index (χ1v) is 7.75. The Labute approximate surface area is 132 Å². The molecular formula is C16H19BrF2N2. The summed E-state index contributed by atoms with van der Waals surface area (Å²) in [6, 6.07) is 6.51. The minimum atomic E-state index is -0.537. The molecule has 1 heterocycles. The number of nitrogens with one attached hydrogen (secondary N) is 1. The smallest absolute Gasteiger partial charge is 0.145 e. The molecule has 2 rings (SSSR count). The zero-order chi connectivity index (χ0) is 15.4. The van der Waals surface area contributed by atoms with Crippen molar-refractivity contribution in [3.05, 3.63) is 57.8 Å². The van der Waals surface area contributed by atoms with Gasteiger partial charge in [-0.2, -0.15) is 0 Å². The maximum absolute atomic E-state index is 14.0. The fourth-order valence-electron chi connectivity index (χ4n) is 2.14. The van der Waals surface area contributed by atoms with E-state index in [1.807, 2.05) is 22.9 Å². The molecule has 0 aliphatic rings. The van der Waals surface area contributed by atoms with Gasteiger partial charge in [0.05, 0.1) is 11.0 Å². The Morgan fingerprint density at radius 1 is 1.24 bits per heavy atom. The van der Waals surface area contributed by atoms with E-state index in [1.54, 1.807) is 0 Å². The fraction of sp³-hybridized carbons (Fsp3) is 0.375. The van der Waals surface area contributed by atoms with Crippen molar-refractivity contribution >= 4 is 15.9 Å². The van der Waals surface area contributed by atoms with Gasteiger partial charge in [0.15, 0.2) is 0 Å². The van der Waals surface area contributed by atoms with Crippen LogP contribution in [0, 0.1) is 17.6 Å². The predicted octanol–water partition coefficient (Wildman–Crippen LogP) is 4.32. The van der Waals surface area contributed by atoms with Gasteiger partial charge in [0.1, 0.15) is 11.6 Å². The summed E-state index contributed by atoms with van der Waals surface area (Å²) in [7, 11) is 0. The van der Waals surface area contributed by atoms with E-state index in [4.69, 9.17) is 0 Å². The minimum Gasteiger partial charge on any atom is -0.346 e. The van der Waals surface area contributed by atoms with Crippen LogP contribution in [0.2, 0.25) is 0 Å². The molecule has 1 aromatic heterocycles. The Kier molecular flexibility index (Phi) is 5.53. The van der Waals surface area contributed by atoms with Crippen molar-refractivity contribution in [3.63, 3.8) is 0 Å². The van der Waals surface area contributed by atoms with E-state index >= 15 is 0 Å². The Morgan fingerprint density at radius 2 is 2.00 bits per heavy atom. The third-order valence-electron chi connectivity index (χ3n) is 3.25. The molecular weight excluding hydrogens is 338 g/mol.